The molecule has 6 nitrogen and oxygen atoms in total. The van der Waals surface area contributed by atoms with Crippen LogP contribution < -0.4 is 10.1 Å². The molecular formula is C20H20F2N4O2. The molecule has 0 saturated carbocycles. The van der Waals surface area contributed by atoms with Gasteiger partial charge in [-0.25, -0.2) is 9.78 Å². The molecule has 2 heterocycles. The molecule has 146 valence electrons. The van der Waals surface area contributed by atoms with Crippen LogP contribution in [-0.2, 0) is 0 Å². The van der Waals surface area contributed by atoms with Crippen molar-refractivity contribution in [1.29, 1.82) is 0 Å². The Morgan fingerprint density at radius 3 is 2.93 bits per heavy atom. The topological polar surface area (TPSA) is 70.2 Å². The zero-order valence-electron chi connectivity index (χ0n) is 15.1. The lowest BCUT2D eigenvalue weighted by Gasteiger charge is -2.31. The number of amides is 2. The number of alkyl halides is 2. The normalized spacial score (nSPS) is 17.1. The number of piperidine rings is 1. The Labute approximate surface area is 160 Å². The zero-order chi connectivity index (χ0) is 19.5. The van der Waals surface area contributed by atoms with Gasteiger partial charge in [-0.15, -0.1) is 0 Å². The molecule has 1 saturated heterocycles. The summed E-state index contributed by atoms with van der Waals surface area (Å²) >= 11 is 0. The molecule has 0 radical (unpaired) electrons. The van der Waals surface area contributed by atoms with Crippen LogP contribution >= 0.6 is 0 Å². The number of aromatic amines is 1. The molecule has 1 aliphatic heterocycles. The molecule has 2 amide bonds. The third-order valence-corrected chi connectivity index (χ3v) is 4.81. The highest BCUT2D eigenvalue weighted by atomic mass is 19.3. The summed E-state index contributed by atoms with van der Waals surface area (Å²) < 4.78 is 29.1. The number of fused-ring (bicyclic) bond motifs is 1. The number of ether oxygens (including phenoxy) is 1. The first kappa shape index (κ1) is 18.2. The van der Waals surface area contributed by atoms with Gasteiger partial charge in [0.05, 0.1) is 11.0 Å². The lowest BCUT2D eigenvalue weighted by molar-refractivity contribution is -0.0497. The van der Waals surface area contributed by atoms with Gasteiger partial charge in [-0.1, -0.05) is 18.2 Å². The molecule has 8 heteroatoms. The molecule has 1 unspecified atom stereocenters. The minimum absolute atomic E-state index is 0.00611. The van der Waals surface area contributed by atoms with E-state index in [0.29, 0.717) is 18.8 Å². The Hall–Kier alpha value is -3.16. The summed E-state index contributed by atoms with van der Waals surface area (Å²) in [5.74, 6) is 1.01. The van der Waals surface area contributed by atoms with Crippen molar-refractivity contribution in [2.24, 2.45) is 0 Å². The number of likely N-dealkylation sites (tertiary alicyclic amines) is 1. The van der Waals surface area contributed by atoms with Gasteiger partial charge < -0.3 is 19.9 Å². The van der Waals surface area contributed by atoms with Gasteiger partial charge in [0.15, 0.2) is 0 Å². The SMILES string of the molecule is O=C(Nc1cccc(OC(F)F)c1)N1CCCC(c2nc3ccccc3[nH]2)C1. The number of rotatable bonds is 4. The smallest absolute Gasteiger partial charge is 0.387 e. The molecule has 2 aromatic carbocycles. The second-order valence-corrected chi connectivity index (χ2v) is 6.76. The quantitative estimate of drug-likeness (QED) is 0.690. The molecule has 4 rings (SSSR count). The van der Waals surface area contributed by atoms with Crippen molar-refractivity contribution in [2.45, 2.75) is 25.4 Å². The number of nitrogens with one attached hydrogen (secondary N) is 2. The van der Waals surface area contributed by atoms with Crippen molar-refractivity contribution >= 4 is 22.8 Å². The lowest BCUT2D eigenvalue weighted by Crippen LogP contribution is -2.41. The predicted octanol–water partition coefficient (Wildman–Crippen LogP) is 4.58. The molecule has 28 heavy (non-hydrogen) atoms. The first-order valence-corrected chi connectivity index (χ1v) is 9.14. The monoisotopic (exact) mass is 386 g/mol. The number of carbonyl (C=O) groups is 1. The standard InChI is InChI=1S/C20H20F2N4O2/c21-19(22)28-15-7-3-6-14(11-15)23-20(27)26-10-4-5-13(12-26)18-24-16-8-1-2-9-17(16)25-18/h1-3,6-9,11,13,19H,4-5,10,12H2,(H,23,27)(H,24,25). The Morgan fingerprint density at radius 2 is 2.11 bits per heavy atom. The van der Waals surface area contributed by atoms with Crippen molar-refractivity contribution in [3.8, 4) is 5.75 Å². The van der Waals surface area contributed by atoms with Crippen LogP contribution in [0.15, 0.2) is 48.5 Å². The van der Waals surface area contributed by atoms with Crippen LogP contribution in [0.4, 0.5) is 19.3 Å². The van der Waals surface area contributed by atoms with Gasteiger partial charge in [0.2, 0.25) is 0 Å². The average molecular weight is 386 g/mol. The molecule has 1 atom stereocenters. The van der Waals surface area contributed by atoms with Crippen molar-refractivity contribution in [3.63, 3.8) is 0 Å². The van der Waals surface area contributed by atoms with Gasteiger partial charge >= 0.3 is 12.6 Å². The van der Waals surface area contributed by atoms with Crippen LogP contribution in [0.5, 0.6) is 5.75 Å². The number of hydrogen-bond donors (Lipinski definition) is 2. The molecular weight excluding hydrogens is 366 g/mol. The van der Waals surface area contributed by atoms with E-state index in [1.165, 1.54) is 12.1 Å². The molecule has 0 spiro atoms. The first-order chi connectivity index (χ1) is 13.6. The van der Waals surface area contributed by atoms with E-state index in [0.717, 1.165) is 29.7 Å². The number of halogens is 2. The first-order valence-electron chi connectivity index (χ1n) is 9.14. The van der Waals surface area contributed by atoms with Crippen LogP contribution in [0.25, 0.3) is 11.0 Å². The van der Waals surface area contributed by atoms with E-state index in [-0.39, 0.29) is 17.7 Å². The zero-order valence-corrected chi connectivity index (χ0v) is 15.1. The third kappa shape index (κ3) is 4.05. The summed E-state index contributed by atoms with van der Waals surface area (Å²) in [5, 5.41) is 2.76. The van der Waals surface area contributed by atoms with Gasteiger partial charge in [0, 0.05) is 30.8 Å². The van der Waals surface area contributed by atoms with Crippen LogP contribution in [0, 0.1) is 0 Å². The van der Waals surface area contributed by atoms with E-state index in [1.54, 1.807) is 17.0 Å². The Bertz CT molecular complexity index is 943. The highest BCUT2D eigenvalue weighted by Gasteiger charge is 2.27. The number of urea groups is 1. The summed E-state index contributed by atoms with van der Waals surface area (Å²) in [4.78, 5) is 22.4. The summed E-state index contributed by atoms with van der Waals surface area (Å²) in [7, 11) is 0. The summed E-state index contributed by atoms with van der Waals surface area (Å²) in [6, 6.07) is 13.6. The Balaban J connectivity index is 1.43. The number of H-pyrrole nitrogens is 1. The lowest BCUT2D eigenvalue weighted by atomic mass is 9.97. The molecule has 0 aliphatic carbocycles. The van der Waals surface area contributed by atoms with E-state index >= 15 is 0 Å². The number of aromatic nitrogens is 2. The van der Waals surface area contributed by atoms with E-state index < -0.39 is 6.61 Å². The van der Waals surface area contributed by atoms with Gasteiger partial charge in [-0.05, 0) is 37.1 Å². The van der Waals surface area contributed by atoms with Crippen molar-refractivity contribution in [2.75, 3.05) is 18.4 Å². The van der Waals surface area contributed by atoms with E-state index in [1.807, 2.05) is 24.3 Å². The van der Waals surface area contributed by atoms with Crippen molar-refractivity contribution in [1.82, 2.24) is 14.9 Å². The maximum atomic E-state index is 12.6. The fourth-order valence-electron chi connectivity index (χ4n) is 3.50. The number of hydrogen-bond acceptors (Lipinski definition) is 3. The predicted molar refractivity (Wildman–Crippen MR) is 102 cm³/mol. The molecule has 2 N–H and O–H groups in total. The molecule has 1 aliphatic rings. The number of nitrogens with zero attached hydrogens (tertiary/aromatic N) is 2. The maximum absolute atomic E-state index is 12.6. The summed E-state index contributed by atoms with van der Waals surface area (Å²) in [5.41, 5.74) is 2.30. The van der Waals surface area contributed by atoms with Gasteiger partial charge in [0.1, 0.15) is 11.6 Å². The second kappa shape index (κ2) is 7.84. The Morgan fingerprint density at radius 1 is 1.25 bits per heavy atom. The van der Waals surface area contributed by atoms with Gasteiger partial charge in [0.25, 0.3) is 0 Å². The molecule has 3 aromatic rings. The number of anilines is 1. The fraction of sp³-hybridized carbons (Fsp3) is 0.300. The Kier molecular flexibility index (Phi) is 5.10. The minimum Gasteiger partial charge on any atom is -0.435 e. The van der Waals surface area contributed by atoms with Crippen LogP contribution in [0.1, 0.15) is 24.6 Å². The second-order valence-electron chi connectivity index (χ2n) is 6.76. The number of imidazole rings is 1. The van der Waals surface area contributed by atoms with E-state index in [2.05, 4.69) is 20.0 Å². The summed E-state index contributed by atoms with van der Waals surface area (Å²) in [6.07, 6.45) is 1.81. The highest BCUT2D eigenvalue weighted by Crippen LogP contribution is 2.27. The summed E-state index contributed by atoms with van der Waals surface area (Å²) in [6.45, 7) is -1.73. The van der Waals surface area contributed by atoms with Gasteiger partial charge in [-0.2, -0.15) is 8.78 Å². The van der Waals surface area contributed by atoms with E-state index in [9.17, 15) is 13.6 Å². The fourth-order valence-corrected chi connectivity index (χ4v) is 3.50. The average Bonchev–Trinajstić information content (AvgIpc) is 3.12. The maximum Gasteiger partial charge on any atom is 0.387 e. The van der Waals surface area contributed by atoms with Crippen LogP contribution in [-0.4, -0.2) is 40.6 Å². The van der Waals surface area contributed by atoms with Crippen molar-refractivity contribution < 1.29 is 18.3 Å². The highest BCUT2D eigenvalue weighted by molar-refractivity contribution is 5.89. The molecule has 0 bridgehead atoms. The minimum atomic E-state index is -2.90. The van der Waals surface area contributed by atoms with E-state index in [4.69, 9.17) is 0 Å². The number of carbonyl (C=O) groups excluding carboxylic acids is 1. The van der Waals surface area contributed by atoms with Gasteiger partial charge in [-0.3, -0.25) is 0 Å². The van der Waals surface area contributed by atoms with Crippen LogP contribution in [0.2, 0.25) is 0 Å². The largest absolute Gasteiger partial charge is 0.435 e. The van der Waals surface area contributed by atoms with Crippen LogP contribution in [0.3, 0.4) is 0 Å². The number of para-hydroxylation sites is 2. The van der Waals surface area contributed by atoms with Crippen molar-refractivity contribution in [3.05, 3.63) is 54.4 Å². The third-order valence-electron chi connectivity index (χ3n) is 4.81. The molecule has 1 aromatic heterocycles. The number of benzene rings is 2. The molecule has 1 fully saturated rings.